The van der Waals surface area contributed by atoms with Crippen molar-refractivity contribution in [2.24, 2.45) is 0 Å². The molecule has 7 heteroatoms. The van der Waals surface area contributed by atoms with E-state index in [0.29, 0.717) is 28.9 Å². The Bertz CT molecular complexity index is 682. The van der Waals surface area contributed by atoms with Crippen molar-refractivity contribution in [1.29, 1.82) is 0 Å². The molecule has 0 bridgehead atoms. The zero-order valence-electron chi connectivity index (χ0n) is 12.7. The molecule has 1 saturated heterocycles. The Morgan fingerprint density at radius 3 is 2.36 bits per heavy atom. The minimum absolute atomic E-state index is 0.378. The van der Waals surface area contributed by atoms with E-state index in [1.54, 1.807) is 25.0 Å². The van der Waals surface area contributed by atoms with Gasteiger partial charge in [-0.15, -0.1) is 5.10 Å². The van der Waals surface area contributed by atoms with E-state index in [1.165, 1.54) is 12.8 Å². The number of likely N-dealkylation sites (tertiary alicyclic amines) is 1. The van der Waals surface area contributed by atoms with E-state index in [-0.39, 0.29) is 0 Å². The number of hydrogen-bond donors (Lipinski definition) is 0. The van der Waals surface area contributed by atoms with Crippen LogP contribution in [0.1, 0.15) is 12.8 Å². The summed E-state index contributed by atoms with van der Waals surface area (Å²) in [6, 6.07) is 5.51. The second-order valence-corrected chi connectivity index (χ2v) is 5.59. The molecule has 3 rings (SSSR count). The molecule has 0 atom stereocenters. The Balaban J connectivity index is 1.90. The Labute approximate surface area is 134 Å². The van der Waals surface area contributed by atoms with Gasteiger partial charge in [-0.25, -0.2) is 4.68 Å². The van der Waals surface area contributed by atoms with Crippen molar-refractivity contribution in [3.63, 3.8) is 0 Å². The van der Waals surface area contributed by atoms with E-state index < -0.39 is 0 Å². The van der Waals surface area contributed by atoms with Crippen LogP contribution in [0.25, 0.3) is 11.5 Å². The average molecular weight is 321 g/mol. The highest BCUT2D eigenvalue weighted by Crippen LogP contribution is 2.29. The number of aromatic nitrogens is 2. The van der Waals surface area contributed by atoms with Crippen LogP contribution in [-0.4, -0.2) is 42.0 Å². The Morgan fingerprint density at radius 2 is 1.77 bits per heavy atom. The lowest BCUT2D eigenvalue weighted by atomic mass is 10.2. The summed E-state index contributed by atoms with van der Waals surface area (Å²) in [4.78, 5) is 2.69. The molecule has 1 aromatic heterocycles. The summed E-state index contributed by atoms with van der Waals surface area (Å²) in [5.41, 5.74) is 0.780. The summed E-state index contributed by atoms with van der Waals surface area (Å²) in [6.45, 7) is 2.83. The number of nitrogens with zero attached hydrogens (tertiary/aromatic N) is 3. The molecule has 2 aromatic rings. The lowest BCUT2D eigenvalue weighted by molar-refractivity contribution is 0.249. The van der Waals surface area contributed by atoms with E-state index in [0.717, 1.165) is 18.7 Å². The molecule has 1 fully saturated rings. The molecular formula is C15H19N3O3S. The van der Waals surface area contributed by atoms with Gasteiger partial charge in [0.15, 0.2) is 0 Å². The van der Waals surface area contributed by atoms with Crippen LogP contribution < -0.4 is 9.47 Å². The predicted molar refractivity (Wildman–Crippen MR) is 84.7 cm³/mol. The van der Waals surface area contributed by atoms with Gasteiger partial charge in [0.1, 0.15) is 11.5 Å². The molecule has 118 valence electrons. The van der Waals surface area contributed by atoms with E-state index in [1.807, 2.05) is 12.1 Å². The van der Waals surface area contributed by atoms with Gasteiger partial charge in [-0.2, -0.15) is 0 Å². The first-order chi connectivity index (χ1) is 10.7. The number of benzene rings is 1. The Hall–Kier alpha value is -1.86. The van der Waals surface area contributed by atoms with Crippen molar-refractivity contribution >= 4 is 12.2 Å². The van der Waals surface area contributed by atoms with Crippen molar-refractivity contribution in [1.82, 2.24) is 14.7 Å². The highest BCUT2D eigenvalue weighted by atomic mass is 32.1. The summed E-state index contributed by atoms with van der Waals surface area (Å²) >= 11 is 5.27. The minimum Gasteiger partial charge on any atom is -0.497 e. The van der Waals surface area contributed by atoms with Gasteiger partial charge < -0.3 is 13.9 Å². The number of methoxy groups -OCH3 is 2. The SMILES string of the molecule is COc1cc(OC)cc(-c2nn(CN3CCCC3)c(=S)o2)c1. The third kappa shape index (κ3) is 3.15. The van der Waals surface area contributed by atoms with Crippen molar-refractivity contribution in [3.05, 3.63) is 23.0 Å². The molecular weight excluding hydrogens is 302 g/mol. The van der Waals surface area contributed by atoms with Gasteiger partial charge in [-0.3, -0.25) is 4.90 Å². The topological polar surface area (TPSA) is 52.7 Å². The largest absolute Gasteiger partial charge is 0.497 e. The molecule has 0 spiro atoms. The standard InChI is InChI=1S/C15H19N3O3S/c1-19-12-7-11(8-13(9-12)20-2)14-16-18(15(22)21-14)10-17-5-3-4-6-17/h7-9H,3-6,10H2,1-2H3. The molecule has 2 heterocycles. The van der Waals surface area contributed by atoms with Gasteiger partial charge >= 0.3 is 0 Å². The third-order valence-corrected chi connectivity index (χ3v) is 4.03. The van der Waals surface area contributed by atoms with Crippen molar-refractivity contribution in [2.75, 3.05) is 27.3 Å². The summed E-state index contributed by atoms with van der Waals surface area (Å²) in [5.74, 6) is 1.84. The third-order valence-electron chi connectivity index (χ3n) is 3.74. The van der Waals surface area contributed by atoms with Crippen LogP contribution in [0.3, 0.4) is 0 Å². The zero-order chi connectivity index (χ0) is 15.5. The van der Waals surface area contributed by atoms with E-state index in [2.05, 4.69) is 10.00 Å². The van der Waals surface area contributed by atoms with Gasteiger partial charge in [-0.1, -0.05) is 0 Å². The van der Waals surface area contributed by atoms with E-state index >= 15 is 0 Å². The lowest BCUT2D eigenvalue weighted by Gasteiger charge is -2.12. The molecule has 0 unspecified atom stereocenters. The highest BCUT2D eigenvalue weighted by molar-refractivity contribution is 7.71. The maximum Gasteiger partial charge on any atom is 0.288 e. The molecule has 1 aromatic carbocycles. The number of rotatable bonds is 5. The van der Waals surface area contributed by atoms with Crippen LogP contribution in [0, 0.1) is 4.84 Å². The van der Waals surface area contributed by atoms with Crippen LogP contribution in [0.5, 0.6) is 11.5 Å². The van der Waals surface area contributed by atoms with Crippen molar-refractivity contribution in [2.45, 2.75) is 19.5 Å². The van der Waals surface area contributed by atoms with Gasteiger partial charge in [0.2, 0.25) is 5.89 Å². The van der Waals surface area contributed by atoms with Crippen molar-refractivity contribution in [3.8, 4) is 23.0 Å². The van der Waals surface area contributed by atoms with Crippen LogP contribution in [0.2, 0.25) is 0 Å². The normalized spacial score (nSPS) is 15.2. The fraction of sp³-hybridized carbons (Fsp3) is 0.467. The predicted octanol–water partition coefficient (Wildman–Crippen LogP) is 2.94. The molecule has 0 radical (unpaired) electrons. The molecule has 0 aliphatic carbocycles. The molecule has 22 heavy (non-hydrogen) atoms. The first-order valence-electron chi connectivity index (χ1n) is 7.23. The zero-order valence-corrected chi connectivity index (χ0v) is 13.6. The maximum atomic E-state index is 5.64. The first kappa shape index (κ1) is 15.1. The summed E-state index contributed by atoms with van der Waals surface area (Å²) in [6.07, 6.45) is 2.45. The van der Waals surface area contributed by atoms with Gasteiger partial charge in [0.25, 0.3) is 4.84 Å². The van der Waals surface area contributed by atoms with Gasteiger partial charge in [0, 0.05) is 11.6 Å². The second-order valence-electron chi connectivity index (χ2n) is 5.24. The maximum absolute atomic E-state index is 5.64. The Kier molecular flexibility index (Phi) is 4.44. The monoisotopic (exact) mass is 321 g/mol. The summed E-state index contributed by atoms with van der Waals surface area (Å²) in [5, 5.41) is 4.49. The fourth-order valence-corrected chi connectivity index (χ4v) is 2.73. The molecule has 0 saturated carbocycles. The lowest BCUT2D eigenvalue weighted by Crippen LogP contribution is -2.23. The van der Waals surface area contributed by atoms with Crippen LogP contribution >= 0.6 is 12.2 Å². The van der Waals surface area contributed by atoms with Crippen LogP contribution in [0.15, 0.2) is 22.6 Å². The minimum atomic E-state index is 0.378. The quantitative estimate of drug-likeness (QED) is 0.789. The van der Waals surface area contributed by atoms with Crippen molar-refractivity contribution < 1.29 is 13.9 Å². The van der Waals surface area contributed by atoms with Gasteiger partial charge in [-0.05, 0) is 50.3 Å². The van der Waals surface area contributed by atoms with Crippen LogP contribution in [0.4, 0.5) is 0 Å². The Morgan fingerprint density at radius 1 is 1.14 bits per heavy atom. The molecule has 1 aliphatic heterocycles. The average Bonchev–Trinajstić information content (AvgIpc) is 3.17. The molecule has 0 N–H and O–H groups in total. The summed E-state index contributed by atoms with van der Waals surface area (Å²) in [7, 11) is 3.22. The molecule has 1 aliphatic rings. The fourth-order valence-electron chi connectivity index (χ4n) is 2.56. The van der Waals surface area contributed by atoms with Crippen LogP contribution in [-0.2, 0) is 6.67 Å². The van der Waals surface area contributed by atoms with E-state index in [9.17, 15) is 0 Å². The number of ether oxygens (including phenoxy) is 2. The number of hydrogen-bond acceptors (Lipinski definition) is 6. The van der Waals surface area contributed by atoms with Gasteiger partial charge in [0.05, 0.1) is 20.9 Å². The molecule has 0 amide bonds. The second kappa shape index (κ2) is 6.50. The molecule has 6 nitrogen and oxygen atoms in total. The highest BCUT2D eigenvalue weighted by Gasteiger charge is 2.16. The summed E-state index contributed by atoms with van der Waals surface area (Å²) < 4.78 is 17.9. The van der Waals surface area contributed by atoms with E-state index in [4.69, 9.17) is 26.1 Å². The first-order valence-corrected chi connectivity index (χ1v) is 7.64. The smallest absolute Gasteiger partial charge is 0.288 e.